The van der Waals surface area contributed by atoms with E-state index in [0.29, 0.717) is 13.0 Å². The van der Waals surface area contributed by atoms with E-state index in [1.807, 2.05) is 19.9 Å². The van der Waals surface area contributed by atoms with Crippen LogP contribution in [0.15, 0.2) is 10.6 Å². The Kier molecular flexibility index (Phi) is 2.96. The molecule has 1 aliphatic rings. The van der Waals surface area contributed by atoms with Gasteiger partial charge < -0.3 is 9.63 Å². The molecule has 1 aromatic heterocycles. The molecule has 0 radical (unpaired) electrons. The highest BCUT2D eigenvalue weighted by molar-refractivity contribution is 5.71. The number of hydrogen-bond donors (Lipinski definition) is 1. The van der Waals surface area contributed by atoms with Crippen LogP contribution < -0.4 is 0 Å². The van der Waals surface area contributed by atoms with Gasteiger partial charge in [-0.3, -0.25) is 9.69 Å². The number of nitrogens with zero attached hydrogens (tertiary/aromatic N) is 2. The number of likely N-dealkylation sites (tertiary alicyclic amines) is 1. The zero-order chi connectivity index (χ0) is 11.7. The van der Waals surface area contributed by atoms with E-state index in [0.717, 1.165) is 18.0 Å². The van der Waals surface area contributed by atoms with Gasteiger partial charge in [0.15, 0.2) is 5.76 Å². The van der Waals surface area contributed by atoms with Gasteiger partial charge in [0.05, 0.1) is 18.2 Å². The molecule has 2 heterocycles. The van der Waals surface area contributed by atoms with E-state index in [1.165, 1.54) is 0 Å². The average Bonchev–Trinajstić information content (AvgIpc) is 2.76. The van der Waals surface area contributed by atoms with Crippen molar-refractivity contribution in [1.82, 2.24) is 10.1 Å². The largest absolute Gasteiger partial charge is 0.481 e. The van der Waals surface area contributed by atoms with Gasteiger partial charge in [-0.05, 0) is 26.8 Å². The molecule has 1 fully saturated rings. The molecule has 0 saturated carbocycles. The summed E-state index contributed by atoms with van der Waals surface area (Å²) >= 11 is 0. The summed E-state index contributed by atoms with van der Waals surface area (Å²) in [7, 11) is 0. The number of carbonyl (C=O) groups is 1. The highest BCUT2D eigenvalue weighted by atomic mass is 16.5. The Balaban J connectivity index is 2.00. The fraction of sp³-hybridized carbons (Fsp3) is 0.636. The Morgan fingerprint density at radius 3 is 3.00 bits per heavy atom. The van der Waals surface area contributed by atoms with Crippen molar-refractivity contribution in [2.45, 2.75) is 32.9 Å². The van der Waals surface area contributed by atoms with Crippen LogP contribution >= 0.6 is 0 Å². The minimum absolute atomic E-state index is 0.0582. The molecule has 2 atom stereocenters. The van der Waals surface area contributed by atoms with E-state index in [2.05, 4.69) is 10.1 Å². The van der Waals surface area contributed by atoms with Gasteiger partial charge in [-0.15, -0.1) is 0 Å². The van der Waals surface area contributed by atoms with Crippen LogP contribution in [0.4, 0.5) is 0 Å². The summed E-state index contributed by atoms with van der Waals surface area (Å²) < 4.78 is 5.13. The topological polar surface area (TPSA) is 66.6 Å². The van der Waals surface area contributed by atoms with E-state index in [-0.39, 0.29) is 12.0 Å². The summed E-state index contributed by atoms with van der Waals surface area (Å²) in [6, 6.07) is 1.95. The van der Waals surface area contributed by atoms with Crippen molar-refractivity contribution < 1.29 is 14.4 Å². The predicted molar refractivity (Wildman–Crippen MR) is 56.9 cm³/mol. The maximum Gasteiger partial charge on any atom is 0.308 e. The molecule has 2 unspecified atom stereocenters. The first-order valence-electron chi connectivity index (χ1n) is 5.47. The molecule has 1 aromatic rings. The standard InChI is InChI=1S/C11H16N2O3/c1-7-5-9(16-12-7)6-13-4-3-10(8(13)2)11(14)15/h5,8,10H,3-4,6H2,1-2H3,(H,14,15). The molecule has 0 spiro atoms. The van der Waals surface area contributed by atoms with E-state index < -0.39 is 5.97 Å². The first-order chi connectivity index (χ1) is 7.58. The molecule has 0 aliphatic carbocycles. The van der Waals surface area contributed by atoms with Gasteiger partial charge in [0.1, 0.15) is 0 Å². The lowest BCUT2D eigenvalue weighted by Gasteiger charge is -2.21. The molecular formula is C11H16N2O3. The van der Waals surface area contributed by atoms with Crippen molar-refractivity contribution in [3.63, 3.8) is 0 Å². The van der Waals surface area contributed by atoms with Crippen LogP contribution in [0, 0.1) is 12.8 Å². The normalized spacial score (nSPS) is 26.1. The Morgan fingerprint density at radius 2 is 2.50 bits per heavy atom. The van der Waals surface area contributed by atoms with E-state index in [1.54, 1.807) is 0 Å². The number of carboxylic acid groups (broad SMARTS) is 1. The van der Waals surface area contributed by atoms with Gasteiger partial charge in [-0.1, -0.05) is 5.16 Å². The number of carboxylic acids is 1. The van der Waals surface area contributed by atoms with Gasteiger partial charge in [0.25, 0.3) is 0 Å². The second-order valence-electron chi connectivity index (χ2n) is 4.38. The number of hydrogen-bond acceptors (Lipinski definition) is 4. The second kappa shape index (κ2) is 4.25. The molecule has 1 N–H and O–H groups in total. The zero-order valence-corrected chi connectivity index (χ0v) is 9.51. The summed E-state index contributed by atoms with van der Waals surface area (Å²) in [6.45, 7) is 5.28. The smallest absolute Gasteiger partial charge is 0.308 e. The molecule has 16 heavy (non-hydrogen) atoms. The molecule has 1 aliphatic heterocycles. The van der Waals surface area contributed by atoms with Crippen molar-refractivity contribution in [3.8, 4) is 0 Å². The molecule has 5 nitrogen and oxygen atoms in total. The molecule has 2 rings (SSSR count). The maximum atomic E-state index is 11.0. The Hall–Kier alpha value is -1.36. The Bertz CT molecular complexity index is 388. The second-order valence-corrected chi connectivity index (χ2v) is 4.38. The quantitative estimate of drug-likeness (QED) is 0.837. The minimum atomic E-state index is -0.705. The fourth-order valence-electron chi connectivity index (χ4n) is 2.25. The van der Waals surface area contributed by atoms with Crippen molar-refractivity contribution in [2.75, 3.05) is 6.54 Å². The Morgan fingerprint density at radius 1 is 1.75 bits per heavy atom. The van der Waals surface area contributed by atoms with Gasteiger partial charge in [-0.2, -0.15) is 0 Å². The zero-order valence-electron chi connectivity index (χ0n) is 9.51. The number of aromatic nitrogens is 1. The van der Waals surface area contributed by atoms with Gasteiger partial charge >= 0.3 is 5.97 Å². The van der Waals surface area contributed by atoms with Crippen LogP contribution in [0.1, 0.15) is 24.8 Å². The lowest BCUT2D eigenvalue weighted by atomic mass is 10.0. The molecule has 88 valence electrons. The third-order valence-corrected chi connectivity index (χ3v) is 3.24. The van der Waals surface area contributed by atoms with Crippen LogP contribution in [0.5, 0.6) is 0 Å². The van der Waals surface area contributed by atoms with Gasteiger partial charge in [0, 0.05) is 12.1 Å². The van der Waals surface area contributed by atoms with E-state index in [4.69, 9.17) is 9.63 Å². The van der Waals surface area contributed by atoms with Crippen LogP contribution in [-0.2, 0) is 11.3 Å². The highest BCUT2D eigenvalue weighted by Crippen LogP contribution is 2.25. The average molecular weight is 224 g/mol. The van der Waals surface area contributed by atoms with Crippen molar-refractivity contribution in [2.24, 2.45) is 5.92 Å². The third kappa shape index (κ3) is 2.09. The molecule has 0 bridgehead atoms. The summed E-state index contributed by atoms with van der Waals surface area (Å²) in [6.07, 6.45) is 0.712. The first-order valence-corrected chi connectivity index (χ1v) is 5.47. The number of rotatable bonds is 3. The predicted octanol–water partition coefficient (Wildman–Crippen LogP) is 1.28. The van der Waals surface area contributed by atoms with Crippen molar-refractivity contribution in [1.29, 1.82) is 0 Å². The van der Waals surface area contributed by atoms with Crippen molar-refractivity contribution >= 4 is 5.97 Å². The summed E-state index contributed by atoms with van der Waals surface area (Å²) in [4.78, 5) is 13.1. The maximum absolute atomic E-state index is 11.0. The number of aliphatic carboxylic acids is 1. The van der Waals surface area contributed by atoms with Crippen LogP contribution in [-0.4, -0.2) is 33.7 Å². The van der Waals surface area contributed by atoms with Gasteiger partial charge in [0.2, 0.25) is 0 Å². The third-order valence-electron chi connectivity index (χ3n) is 3.24. The van der Waals surface area contributed by atoms with Crippen LogP contribution in [0.2, 0.25) is 0 Å². The van der Waals surface area contributed by atoms with Crippen molar-refractivity contribution in [3.05, 3.63) is 17.5 Å². The molecule has 0 amide bonds. The number of aryl methyl sites for hydroxylation is 1. The summed E-state index contributed by atoms with van der Waals surface area (Å²) in [5.41, 5.74) is 0.858. The first kappa shape index (κ1) is 11.1. The summed E-state index contributed by atoms with van der Waals surface area (Å²) in [5.74, 6) is -0.164. The monoisotopic (exact) mass is 224 g/mol. The molecule has 0 aromatic carbocycles. The minimum Gasteiger partial charge on any atom is -0.481 e. The van der Waals surface area contributed by atoms with Crippen LogP contribution in [0.3, 0.4) is 0 Å². The van der Waals surface area contributed by atoms with Crippen LogP contribution in [0.25, 0.3) is 0 Å². The SMILES string of the molecule is Cc1cc(CN2CCC(C(=O)O)C2C)on1. The van der Waals surface area contributed by atoms with E-state index in [9.17, 15) is 4.79 Å². The van der Waals surface area contributed by atoms with Gasteiger partial charge in [-0.25, -0.2) is 0 Å². The Labute approximate surface area is 94.0 Å². The summed E-state index contributed by atoms with van der Waals surface area (Å²) in [5, 5.41) is 12.8. The molecule has 5 heteroatoms. The highest BCUT2D eigenvalue weighted by Gasteiger charge is 2.35. The van der Waals surface area contributed by atoms with E-state index >= 15 is 0 Å². The lowest BCUT2D eigenvalue weighted by molar-refractivity contribution is -0.142. The fourth-order valence-corrected chi connectivity index (χ4v) is 2.25. The molecule has 1 saturated heterocycles. The molecular weight excluding hydrogens is 208 g/mol. The lowest BCUT2D eigenvalue weighted by Crippen LogP contribution is -2.32.